The largest absolute Gasteiger partial charge is 0.397 e. The van der Waals surface area contributed by atoms with Crippen molar-refractivity contribution in [2.24, 2.45) is 5.73 Å². The lowest BCUT2D eigenvalue weighted by atomic mass is 9.96. The molecule has 1 aromatic heterocycles. The van der Waals surface area contributed by atoms with Crippen LogP contribution in [-0.2, 0) is 6.42 Å². The molecule has 4 nitrogen and oxygen atoms in total. The third-order valence-corrected chi connectivity index (χ3v) is 5.81. The molecule has 0 bridgehead atoms. The van der Waals surface area contributed by atoms with Crippen LogP contribution >= 0.6 is 11.3 Å². The molecule has 1 unspecified atom stereocenters. The molecule has 0 fully saturated rings. The summed E-state index contributed by atoms with van der Waals surface area (Å²) in [6.07, 6.45) is 5.24. The summed E-state index contributed by atoms with van der Waals surface area (Å²) >= 11 is 1.33. The molecule has 0 saturated carbocycles. The summed E-state index contributed by atoms with van der Waals surface area (Å²) in [5, 5.41) is 0. The van der Waals surface area contributed by atoms with Gasteiger partial charge >= 0.3 is 0 Å². The lowest BCUT2D eigenvalue weighted by Gasteiger charge is -2.08. The summed E-state index contributed by atoms with van der Waals surface area (Å²) in [5.41, 5.74) is 14.4. The Balaban J connectivity index is 2.45. The minimum Gasteiger partial charge on any atom is -0.397 e. The van der Waals surface area contributed by atoms with Crippen molar-refractivity contribution in [1.82, 2.24) is 0 Å². The quantitative estimate of drug-likeness (QED) is 0.500. The Kier molecular flexibility index (Phi) is 7.12. The number of benzene rings is 1. The molecule has 1 atom stereocenters. The normalized spacial score (nSPS) is 12.2. The smallest absolute Gasteiger partial charge is 0.196 e. The van der Waals surface area contributed by atoms with E-state index in [4.69, 9.17) is 11.5 Å². The van der Waals surface area contributed by atoms with Gasteiger partial charge in [0.15, 0.2) is 11.6 Å². The van der Waals surface area contributed by atoms with Crippen LogP contribution in [0.3, 0.4) is 0 Å². The lowest BCUT2D eigenvalue weighted by Crippen LogP contribution is -2.27. The Morgan fingerprint density at radius 2 is 1.85 bits per heavy atom. The van der Waals surface area contributed by atoms with Crippen molar-refractivity contribution < 1.29 is 9.59 Å². The van der Waals surface area contributed by atoms with Crippen LogP contribution in [0.15, 0.2) is 24.3 Å². The van der Waals surface area contributed by atoms with E-state index in [0.29, 0.717) is 21.7 Å². The summed E-state index contributed by atoms with van der Waals surface area (Å²) in [6, 6.07) is 6.70. The molecule has 0 aliphatic carbocycles. The Labute approximate surface area is 159 Å². The number of nitrogens with two attached hydrogens (primary N) is 2. The second-order valence-corrected chi connectivity index (χ2v) is 7.86. The van der Waals surface area contributed by atoms with Crippen LogP contribution in [0, 0.1) is 6.92 Å². The van der Waals surface area contributed by atoms with E-state index < -0.39 is 6.04 Å². The predicted octanol–water partition coefficient (Wildman–Crippen LogP) is 4.52. The van der Waals surface area contributed by atoms with Gasteiger partial charge in [-0.3, -0.25) is 9.59 Å². The van der Waals surface area contributed by atoms with E-state index >= 15 is 0 Å². The number of hydrogen-bond donors (Lipinski definition) is 2. The summed E-state index contributed by atoms with van der Waals surface area (Å²) in [4.78, 5) is 27.1. The van der Waals surface area contributed by atoms with Crippen LogP contribution in [0.5, 0.6) is 0 Å². The number of carbonyl (C=O) groups excluding carboxylic acids is 2. The van der Waals surface area contributed by atoms with Crippen molar-refractivity contribution in [2.45, 2.75) is 58.9 Å². The highest BCUT2D eigenvalue weighted by Gasteiger charge is 2.28. The fourth-order valence-corrected chi connectivity index (χ4v) is 4.25. The Morgan fingerprint density at radius 1 is 1.15 bits per heavy atom. The van der Waals surface area contributed by atoms with Gasteiger partial charge in [0, 0.05) is 10.4 Å². The van der Waals surface area contributed by atoms with Crippen molar-refractivity contribution in [3.63, 3.8) is 0 Å². The van der Waals surface area contributed by atoms with Gasteiger partial charge in [-0.1, -0.05) is 50.5 Å². The van der Waals surface area contributed by atoms with Crippen molar-refractivity contribution in [3.8, 4) is 0 Å². The first kappa shape index (κ1) is 20.3. The minimum atomic E-state index is -0.663. The maximum absolute atomic E-state index is 13.2. The topological polar surface area (TPSA) is 86.2 Å². The van der Waals surface area contributed by atoms with E-state index in [1.807, 2.05) is 25.1 Å². The van der Waals surface area contributed by atoms with E-state index in [9.17, 15) is 9.59 Å². The van der Waals surface area contributed by atoms with Gasteiger partial charge in [0.2, 0.25) is 0 Å². The maximum Gasteiger partial charge on any atom is 0.196 e. The number of Topliss-reactive ketones (excluding diaryl/α,β-unsaturated/α-hetero) is 1. The fraction of sp³-hybridized carbons (Fsp3) is 0.429. The summed E-state index contributed by atoms with van der Waals surface area (Å²) in [6.45, 7) is 5.69. The van der Waals surface area contributed by atoms with E-state index in [0.717, 1.165) is 36.1 Å². The SMILES string of the molecule is CCCCCCc1sc(C(=O)C(C)N)c(C(=O)c2ccccc2C)c1N. The standard InChI is InChI=1S/C21H28N2O2S/c1-4-5-6-7-12-16-18(23)17(21(26-16)19(24)14(3)22)20(25)15-11-9-8-10-13(15)2/h8-11,14H,4-7,12,22-23H2,1-3H3. The second kappa shape index (κ2) is 9.10. The molecule has 2 aromatic rings. The van der Waals surface area contributed by atoms with Gasteiger partial charge in [-0.25, -0.2) is 0 Å². The molecule has 4 N–H and O–H groups in total. The molecule has 140 valence electrons. The van der Waals surface area contributed by atoms with E-state index in [-0.39, 0.29) is 11.6 Å². The summed E-state index contributed by atoms with van der Waals surface area (Å²) in [7, 11) is 0. The van der Waals surface area contributed by atoms with Gasteiger partial charge in [0.05, 0.1) is 22.2 Å². The summed E-state index contributed by atoms with van der Waals surface area (Å²) < 4.78 is 0. The highest BCUT2D eigenvalue weighted by molar-refractivity contribution is 7.15. The van der Waals surface area contributed by atoms with Crippen LogP contribution in [0.25, 0.3) is 0 Å². The van der Waals surface area contributed by atoms with Gasteiger partial charge in [-0.15, -0.1) is 11.3 Å². The number of anilines is 1. The molecular formula is C21H28N2O2S. The van der Waals surface area contributed by atoms with Gasteiger partial charge < -0.3 is 11.5 Å². The number of ketones is 2. The van der Waals surface area contributed by atoms with Crippen LogP contribution in [0.1, 0.15) is 75.6 Å². The number of aryl methyl sites for hydroxylation is 2. The van der Waals surface area contributed by atoms with Crippen molar-refractivity contribution in [3.05, 3.63) is 50.7 Å². The zero-order valence-electron chi connectivity index (χ0n) is 15.8. The fourth-order valence-electron chi connectivity index (χ4n) is 2.96. The van der Waals surface area contributed by atoms with Crippen LogP contribution in [0.2, 0.25) is 0 Å². The molecule has 0 aliphatic heterocycles. The van der Waals surface area contributed by atoms with Crippen molar-refractivity contribution >= 4 is 28.6 Å². The van der Waals surface area contributed by atoms with E-state index in [2.05, 4.69) is 6.92 Å². The molecule has 1 heterocycles. The number of carbonyl (C=O) groups is 2. The van der Waals surface area contributed by atoms with E-state index in [1.54, 1.807) is 13.0 Å². The number of unbranched alkanes of at least 4 members (excludes halogenated alkanes) is 3. The van der Waals surface area contributed by atoms with E-state index in [1.165, 1.54) is 17.8 Å². The first-order valence-electron chi connectivity index (χ1n) is 9.19. The molecule has 0 saturated heterocycles. The van der Waals surface area contributed by atoms with Gasteiger partial charge in [0.25, 0.3) is 0 Å². The third-order valence-electron chi connectivity index (χ3n) is 4.53. The zero-order chi connectivity index (χ0) is 19.3. The second-order valence-electron chi connectivity index (χ2n) is 6.75. The monoisotopic (exact) mass is 372 g/mol. The van der Waals surface area contributed by atoms with Gasteiger partial charge in [-0.05, 0) is 32.3 Å². The lowest BCUT2D eigenvalue weighted by molar-refractivity contribution is 0.0959. The maximum atomic E-state index is 13.2. The number of nitrogen functional groups attached to an aromatic ring is 1. The highest BCUT2D eigenvalue weighted by Crippen LogP contribution is 2.35. The molecule has 0 aliphatic rings. The molecule has 0 spiro atoms. The third kappa shape index (κ3) is 4.40. The van der Waals surface area contributed by atoms with Crippen molar-refractivity contribution in [1.29, 1.82) is 0 Å². The predicted molar refractivity (Wildman–Crippen MR) is 109 cm³/mol. The molecule has 0 radical (unpaired) electrons. The number of rotatable bonds is 9. The Morgan fingerprint density at radius 3 is 2.46 bits per heavy atom. The first-order chi connectivity index (χ1) is 12.4. The molecule has 26 heavy (non-hydrogen) atoms. The first-order valence-corrected chi connectivity index (χ1v) is 10.0. The Bertz CT molecular complexity index is 793. The minimum absolute atomic E-state index is 0.194. The number of thiophene rings is 1. The summed E-state index contributed by atoms with van der Waals surface area (Å²) in [5.74, 6) is -0.417. The van der Waals surface area contributed by atoms with Crippen LogP contribution < -0.4 is 11.5 Å². The van der Waals surface area contributed by atoms with Crippen LogP contribution in [-0.4, -0.2) is 17.6 Å². The highest BCUT2D eigenvalue weighted by atomic mass is 32.1. The Hall–Kier alpha value is -1.98. The molecule has 5 heteroatoms. The zero-order valence-corrected chi connectivity index (χ0v) is 16.6. The molecular weight excluding hydrogens is 344 g/mol. The van der Waals surface area contributed by atoms with Gasteiger partial charge in [-0.2, -0.15) is 0 Å². The number of hydrogen-bond acceptors (Lipinski definition) is 5. The molecule has 1 aromatic carbocycles. The van der Waals surface area contributed by atoms with Gasteiger partial charge in [0.1, 0.15) is 0 Å². The van der Waals surface area contributed by atoms with Crippen molar-refractivity contribution in [2.75, 3.05) is 5.73 Å². The average molecular weight is 373 g/mol. The molecule has 2 rings (SSSR count). The molecule has 0 amide bonds. The van der Waals surface area contributed by atoms with Crippen LogP contribution in [0.4, 0.5) is 5.69 Å². The average Bonchev–Trinajstić information content (AvgIpc) is 2.94.